The molecule has 0 bridgehead atoms. The SMILES string of the molecule is Cc1cc(C2CCCN2Cc2cccc3nonc23)on1. The zero-order valence-corrected chi connectivity index (χ0v) is 11.8. The third-order valence-electron chi connectivity index (χ3n) is 4.08. The molecule has 0 aliphatic carbocycles. The Morgan fingerprint density at radius 2 is 2.24 bits per heavy atom. The van der Waals surface area contributed by atoms with Crippen molar-refractivity contribution in [3.8, 4) is 0 Å². The molecule has 3 aromatic rings. The maximum absolute atomic E-state index is 5.45. The van der Waals surface area contributed by atoms with E-state index in [0.717, 1.165) is 54.0 Å². The van der Waals surface area contributed by atoms with E-state index in [1.165, 1.54) is 0 Å². The van der Waals surface area contributed by atoms with E-state index >= 15 is 0 Å². The summed E-state index contributed by atoms with van der Waals surface area (Å²) in [6, 6.07) is 8.30. The lowest BCUT2D eigenvalue weighted by molar-refractivity contribution is 0.207. The van der Waals surface area contributed by atoms with Crippen molar-refractivity contribution in [2.75, 3.05) is 6.54 Å². The zero-order chi connectivity index (χ0) is 14.2. The van der Waals surface area contributed by atoms with Gasteiger partial charge < -0.3 is 4.52 Å². The van der Waals surface area contributed by atoms with Crippen LogP contribution in [0.25, 0.3) is 11.0 Å². The van der Waals surface area contributed by atoms with E-state index in [0.29, 0.717) is 6.04 Å². The van der Waals surface area contributed by atoms with Crippen LogP contribution in [-0.2, 0) is 6.54 Å². The van der Waals surface area contributed by atoms with Gasteiger partial charge in [-0.25, -0.2) is 4.63 Å². The first-order valence-corrected chi connectivity index (χ1v) is 7.19. The van der Waals surface area contributed by atoms with Crippen molar-refractivity contribution in [2.24, 2.45) is 0 Å². The van der Waals surface area contributed by atoms with Crippen molar-refractivity contribution in [1.82, 2.24) is 20.4 Å². The zero-order valence-electron chi connectivity index (χ0n) is 11.8. The van der Waals surface area contributed by atoms with Gasteiger partial charge in [-0.2, -0.15) is 0 Å². The van der Waals surface area contributed by atoms with Crippen LogP contribution in [0, 0.1) is 6.92 Å². The lowest BCUT2D eigenvalue weighted by Gasteiger charge is -2.22. The molecule has 108 valence electrons. The van der Waals surface area contributed by atoms with Crippen LogP contribution < -0.4 is 0 Å². The van der Waals surface area contributed by atoms with E-state index in [2.05, 4.69) is 26.4 Å². The maximum atomic E-state index is 5.45. The van der Waals surface area contributed by atoms with Crippen molar-refractivity contribution < 1.29 is 9.15 Å². The van der Waals surface area contributed by atoms with E-state index in [-0.39, 0.29) is 0 Å². The fourth-order valence-corrected chi connectivity index (χ4v) is 3.09. The number of hydrogen-bond acceptors (Lipinski definition) is 6. The molecule has 21 heavy (non-hydrogen) atoms. The Morgan fingerprint density at radius 1 is 1.29 bits per heavy atom. The minimum Gasteiger partial charge on any atom is -0.359 e. The van der Waals surface area contributed by atoms with Crippen LogP contribution >= 0.6 is 0 Å². The third-order valence-corrected chi connectivity index (χ3v) is 4.08. The Balaban J connectivity index is 1.62. The van der Waals surface area contributed by atoms with Gasteiger partial charge in [-0.05, 0) is 48.3 Å². The predicted octanol–water partition coefficient (Wildman–Crippen LogP) is 2.86. The number of benzene rings is 1. The van der Waals surface area contributed by atoms with Crippen LogP contribution in [0.2, 0.25) is 0 Å². The second kappa shape index (κ2) is 4.96. The van der Waals surface area contributed by atoms with Gasteiger partial charge in [0.15, 0.2) is 5.76 Å². The van der Waals surface area contributed by atoms with Crippen LogP contribution in [-0.4, -0.2) is 26.9 Å². The molecule has 1 saturated heterocycles. The average molecular weight is 284 g/mol. The first kappa shape index (κ1) is 12.5. The minimum absolute atomic E-state index is 0.293. The lowest BCUT2D eigenvalue weighted by Crippen LogP contribution is -2.22. The monoisotopic (exact) mass is 284 g/mol. The average Bonchev–Trinajstić information content (AvgIpc) is 3.18. The number of hydrogen-bond donors (Lipinski definition) is 0. The van der Waals surface area contributed by atoms with Gasteiger partial charge in [-0.3, -0.25) is 4.90 Å². The van der Waals surface area contributed by atoms with Crippen LogP contribution in [0.5, 0.6) is 0 Å². The van der Waals surface area contributed by atoms with Crippen molar-refractivity contribution in [3.63, 3.8) is 0 Å². The molecule has 0 saturated carbocycles. The Bertz CT molecular complexity index is 764. The predicted molar refractivity (Wildman–Crippen MR) is 75.4 cm³/mol. The summed E-state index contributed by atoms with van der Waals surface area (Å²) in [5.41, 5.74) is 3.71. The molecule has 2 aromatic heterocycles. The van der Waals surface area contributed by atoms with E-state index in [4.69, 9.17) is 9.15 Å². The number of aryl methyl sites for hydroxylation is 1. The molecular weight excluding hydrogens is 268 g/mol. The largest absolute Gasteiger partial charge is 0.359 e. The fourth-order valence-electron chi connectivity index (χ4n) is 3.09. The molecule has 1 aliphatic heterocycles. The second-order valence-electron chi connectivity index (χ2n) is 5.55. The Hall–Kier alpha value is -2.21. The third kappa shape index (κ3) is 2.21. The molecule has 1 aliphatic rings. The molecule has 0 spiro atoms. The fraction of sp³-hybridized carbons (Fsp3) is 0.400. The molecule has 0 N–H and O–H groups in total. The minimum atomic E-state index is 0.293. The van der Waals surface area contributed by atoms with Crippen molar-refractivity contribution in [3.05, 3.63) is 41.3 Å². The van der Waals surface area contributed by atoms with Crippen LogP contribution in [0.15, 0.2) is 33.4 Å². The van der Waals surface area contributed by atoms with E-state index < -0.39 is 0 Å². The molecule has 1 aromatic carbocycles. The molecule has 0 radical (unpaired) electrons. The summed E-state index contributed by atoms with van der Waals surface area (Å²) in [7, 11) is 0. The van der Waals surface area contributed by atoms with E-state index in [1.807, 2.05) is 25.1 Å². The van der Waals surface area contributed by atoms with Gasteiger partial charge in [0.2, 0.25) is 0 Å². The highest BCUT2D eigenvalue weighted by molar-refractivity contribution is 5.76. The number of rotatable bonds is 3. The molecule has 3 heterocycles. The van der Waals surface area contributed by atoms with Crippen LogP contribution in [0.1, 0.15) is 35.9 Å². The maximum Gasteiger partial charge on any atom is 0.154 e. The second-order valence-corrected chi connectivity index (χ2v) is 5.55. The number of likely N-dealkylation sites (tertiary alicyclic amines) is 1. The Morgan fingerprint density at radius 3 is 3.10 bits per heavy atom. The number of fused-ring (bicyclic) bond motifs is 1. The summed E-state index contributed by atoms with van der Waals surface area (Å²) < 4.78 is 10.3. The van der Waals surface area contributed by atoms with Gasteiger partial charge >= 0.3 is 0 Å². The van der Waals surface area contributed by atoms with Gasteiger partial charge in [0.05, 0.1) is 11.7 Å². The van der Waals surface area contributed by atoms with Gasteiger partial charge in [-0.1, -0.05) is 17.3 Å². The van der Waals surface area contributed by atoms with Gasteiger partial charge in [0, 0.05) is 12.6 Å². The highest BCUT2D eigenvalue weighted by atomic mass is 16.6. The van der Waals surface area contributed by atoms with Crippen molar-refractivity contribution in [2.45, 2.75) is 32.4 Å². The summed E-state index contributed by atoms with van der Waals surface area (Å²) in [6.45, 7) is 3.82. The van der Waals surface area contributed by atoms with Gasteiger partial charge in [0.25, 0.3) is 0 Å². The van der Waals surface area contributed by atoms with Crippen molar-refractivity contribution >= 4 is 11.0 Å². The summed E-state index contributed by atoms with van der Waals surface area (Å²) >= 11 is 0. The van der Waals surface area contributed by atoms with E-state index in [1.54, 1.807) is 0 Å². The Labute approximate surface area is 121 Å². The molecule has 4 rings (SSSR count). The first-order chi connectivity index (χ1) is 10.3. The number of aromatic nitrogens is 3. The molecular formula is C15H16N4O2. The van der Waals surface area contributed by atoms with Crippen molar-refractivity contribution in [1.29, 1.82) is 0 Å². The summed E-state index contributed by atoms with van der Waals surface area (Å²) in [5.74, 6) is 0.954. The molecule has 6 nitrogen and oxygen atoms in total. The molecule has 1 fully saturated rings. The smallest absolute Gasteiger partial charge is 0.154 e. The normalized spacial score (nSPS) is 19.6. The summed E-state index contributed by atoms with van der Waals surface area (Å²) in [4.78, 5) is 2.41. The Kier molecular flexibility index (Phi) is 2.96. The van der Waals surface area contributed by atoms with Gasteiger partial charge in [0.1, 0.15) is 11.0 Å². The summed E-state index contributed by atoms with van der Waals surface area (Å²) in [6.07, 6.45) is 2.26. The number of nitrogens with zero attached hydrogens (tertiary/aromatic N) is 4. The van der Waals surface area contributed by atoms with Gasteiger partial charge in [-0.15, -0.1) is 0 Å². The highest BCUT2D eigenvalue weighted by Crippen LogP contribution is 2.34. The van der Waals surface area contributed by atoms with Crippen LogP contribution in [0.3, 0.4) is 0 Å². The molecule has 1 atom stereocenters. The highest BCUT2D eigenvalue weighted by Gasteiger charge is 2.29. The molecule has 0 amide bonds. The van der Waals surface area contributed by atoms with Crippen LogP contribution in [0.4, 0.5) is 0 Å². The van der Waals surface area contributed by atoms with E-state index in [9.17, 15) is 0 Å². The lowest BCUT2D eigenvalue weighted by atomic mass is 10.1. The summed E-state index contributed by atoms with van der Waals surface area (Å²) in [5, 5.41) is 11.9. The quantitative estimate of drug-likeness (QED) is 0.736. The molecule has 1 unspecified atom stereocenters. The first-order valence-electron chi connectivity index (χ1n) is 7.19. The standard InChI is InChI=1S/C15H16N4O2/c1-10-8-14(20-16-10)13-6-3-7-19(13)9-11-4-2-5-12-15(11)18-21-17-12/h2,4-5,8,13H,3,6-7,9H2,1H3. The molecule has 6 heteroatoms. The topological polar surface area (TPSA) is 68.2 Å².